The molecule has 0 aliphatic heterocycles. The van der Waals surface area contributed by atoms with Crippen LogP contribution in [0.3, 0.4) is 0 Å². The van der Waals surface area contributed by atoms with Crippen molar-refractivity contribution in [3.63, 3.8) is 0 Å². The van der Waals surface area contributed by atoms with Gasteiger partial charge in [0, 0.05) is 27.5 Å². The Morgan fingerprint density at radius 3 is 1.27 bits per heavy atom. The lowest BCUT2D eigenvalue weighted by Gasteiger charge is -2.16. The average molecular weight is 563 g/mol. The van der Waals surface area contributed by atoms with Gasteiger partial charge in [-0.05, 0) is 23.6 Å². The van der Waals surface area contributed by atoms with Crippen LogP contribution in [0.5, 0.6) is 0 Å². The van der Waals surface area contributed by atoms with Gasteiger partial charge in [0.1, 0.15) is 5.69 Å². The fraction of sp³-hybridized carbons (Fsp3) is 0. The van der Waals surface area contributed by atoms with Crippen LogP contribution in [0, 0.1) is 0 Å². The number of nitrogens with zero attached hydrogens (tertiary/aromatic N) is 4. The van der Waals surface area contributed by atoms with Crippen LogP contribution in [0.15, 0.2) is 158 Å². The molecule has 3 heterocycles. The van der Waals surface area contributed by atoms with Crippen molar-refractivity contribution in [2.45, 2.75) is 0 Å². The smallest absolute Gasteiger partial charge is 0.116 e. The molecular weight excluding hydrogens is 536 g/mol. The Morgan fingerprint density at radius 1 is 0.250 bits per heavy atom. The Kier molecular flexibility index (Phi) is 6.43. The zero-order valence-electron chi connectivity index (χ0n) is 23.8. The Labute approximate surface area is 255 Å². The number of para-hydroxylation sites is 1. The molecule has 0 saturated carbocycles. The van der Waals surface area contributed by atoms with Gasteiger partial charge in [-0.15, -0.1) is 0 Å². The van der Waals surface area contributed by atoms with Crippen LogP contribution in [0.2, 0.25) is 0 Å². The van der Waals surface area contributed by atoms with Crippen LogP contribution in [-0.2, 0) is 0 Å². The summed E-state index contributed by atoms with van der Waals surface area (Å²) in [6.07, 6.45) is 0. The fourth-order valence-corrected chi connectivity index (χ4v) is 5.80. The van der Waals surface area contributed by atoms with Gasteiger partial charge in [0.25, 0.3) is 0 Å². The lowest BCUT2D eigenvalue weighted by atomic mass is 10.00. The monoisotopic (exact) mass is 562 g/mol. The molecule has 4 heteroatoms. The second-order valence-electron chi connectivity index (χ2n) is 10.6. The highest BCUT2D eigenvalue weighted by Gasteiger charge is 2.21. The first-order valence-corrected chi connectivity index (χ1v) is 14.7. The van der Waals surface area contributed by atoms with Gasteiger partial charge in [-0.25, -0.2) is 19.9 Å². The zero-order valence-corrected chi connectivity index (χ0v) is 23.8. The number of hydrogen-bond acceptors (Lipinski definition) is 4. The Morgan fingerprint density at radius 2 is 0.682 bits per heavy atom. The third kappa shape index (κ3) is 4.59. The average Bonchev–Trinajstić information content (AvgIpc) is 3.12. The van der Waals surface area contributed by atoms with Crippen molar-refractivity contribution in [1.29, 1.82) is 0 Å². The number of fused-ring (bicyclic) bond motifs is 3. The predicted octanol–water partition coefficient (Wildman–Crippen LogP) is 9.91. The summed E-state index contributed by atoms with van der Waals surface area (Å²) in [4.78, 5) is 21.0. The van der Waals surface area contributed by atoms with Gasteiger partial charge in [0.2, 0.25) is 0 Å². The Hall–Kier alpha value is -6.00. The van der Waals surface area contributed by atoms with Gasteiger partial charge in [-0.3, -0.25) is 0 Å². The molecular formula is C40H26N4. The van der Waals surface area contributed by atoms with E-state index in [1.54, 1.807) is 0 Å². The first-order chi connectivity index (χ1) is 21.8. The second-order valence-corrected chi connectivity index (χ2v) is 10.6. The molecule has 0 aliphatic carbocycles. The molecule has 5 aromatic carbocycles. The van der Waals surface area contributed by atoms with Crippen LogP contribution in [-0.4, -0.2) is 19.9 Å². The normalized spacial score (nSPS) is 11.2. The van der Waals surface area contributed by atoms with E-state index < -0.39 is 0 Å². The molecule has 4 nitrogen and oxygen atoms in total. The second kappa shape index (κ2) is 11.0. The van der Waals surface area contributed by atoms with Gasteiger partial charge >= 0.3 is 0 Å². The molecule has 0 unspecified atom stereocenters. The lowest BCUT2D eigenvalue weighted by Crippen LogP contribution is -2.02. The molecule has 0 fully saturated rings. The number of aromatic nitrogens is 4. The minimum Gasteiger partial charge on any atom is -0.245 e. The molecule has 3 aromatic heterocycles. The van der Waals surface area contributed by atoms with Crippen LogP contribution in [0.4, 0.5) is 0 Å². The number of hydrogen-bond donors (Lipinski definition) is 0. The van der Waals surface area contributed by atoms with Gasteiger partial charge in [0.15, 0.2) is 0 Å². The van der Waals surface area contributed by atoms with Crippen molar-refractivity contribution >= 4 is 21.7 Å². The van der Waals surface area contributed by atoms with E-state index in [0.29, 0.717) is 0 Å². The van der Waals surface area contributed by atoms with E-state index in [0.717, 1.165) is 78.2 Å². The lowest BCUT2D eigenvalue weighted by molar-refractivity contribution is 1.18. The molecule has 8 rings (SSSR count). The van der Waals surface area contributed by atoms with Gasteiger partial charge in [-0.1, -0.05) is 140 Å². The summed E-state index contributed by atoms with van der Waals surface area (Å²) < 4.78 is 0. The molecule has 0 bridgehead atoms. The SMILES string of the molecule is c1ccc(-c2nc(-c3ccccc3)c(-c3cccc(-c4nc5ccccc5c5ccccc45)n3)nc2-c2ccccc2)cc1. The summed E-state index contributed by atoms with van der Waals surface area (Å²) >= 11 is 0. The summed E-state index contributed by atoms with van der Waals surface area (Å²) in [6.45, 7) is 0. The Bertz CT molecular complexity index is 2260. The summed E-state index contributed by atoms with van der Waals surface area (Å²) in [5.74, 6) is 0. The molecule has 0 radical (unpaired) electrons. The van der Waals surface area contributed by atoms with Crippen LogP contribution >= 0.6 is 0 Å². The molecule has 0 spiro atoms. The molecule has 0 amide bonds. The van der Waals surface area contributed by atoms with Crippen LogP contribution < -0.4 is 0 Å². The number of pyridine rings is 2. The topological polar surface area (TPSA) is 51.6 Å². The summed E-state index contributed by atoms with van der Waals surface area (Å²) in [6, 6.07) is 53.5. The van der Waals surface area contributed by atoms with Crippen molar-refractivity contribution < 1.29 is 0 Å². The third-order valence-corrected chi connectivity index (χ3v) is 7.88. The molecule has 0 saturated heterocycles. The van der Waals surface area contributed by atoms with Crippen molar-refractivity contribution in [3.8, 4) is 56.5 Å². The van der Waals surface area contributed by atoms with E-state index in [1.807, 2.05) is 78.9 Å². The first kappa shape index (κ1) is 25.7. The Balaban J connectivity index is 1.39. The summed E-state index contributed by atoms with van der Waals surface area (Å²) in [7, 11) is 0. The molecule has 8 aromatic rings. The minimum atomic E-state index is 0.724. The van der Waals surface area contributed by atoms with Crippen LogP contribution in [0.1, 0.15) is 0 Å². The highest BCUT2D eigenvalue weighted by molar-refractivity contribution is 6.10. The maximum absolute atomic E-state index is 5.37. The van der Waals surface area contributed by atoms with E-state index in [4.69, 9.17) is 19.9 Å². The summed E-state index contributed by atoms with van der Waals surface area (Å²) in [5.41, 5.74) is 9.46. The minimum absolute atomic E-state index is 0.724. The maximum Gasteiger partial charge on any atom is 0.116 e. The van der Waals surface area contributed by atoms with Gasteiger partial charge in [-0.2, -0.15) is 0 Å². The highest BCUT2D eigenvalue weighted by Crippen LogP contribution is 2.38. The highest BCUT2D eigenvalue weighted by atomic mass is 14.9. The summed E-state index contributed by atoms with van der Waals surface area (Å²) in [5, 5.41) is 3.35. The van der Waals surface area contributed by atoms with Crippen LogP contribution in [0.25, 0.3) is 78.2 Å². The molecule has 0 aliphatic rings. The molecule has 0 atom stereocenters. The van der Waals surface area contributed by atoms with E-state index in [9.17, 15) is 0 Å². The number of benzene rings is 5. The molecule has 44 heavy (non-hydrogen) atoms. The number of rotatable bonds is 5. The van der Waals surface area contributed by atoms with Crippen molar-refractivity contribution in [1.82, 2.24) is 19.9 Å². The van der Waals surface area contributed by atoms with Crippen molar-refractivity contribution in [2.24, 2.45) is 0 Å². The van der Waals surface area contributed by atoms with Crippen molar-refractivity contribution in [2.75, 3.05) is 0 Å². The zero-order chi connectivity index (χ0) is 29.3. The fourth-order valence-electron chi connectivity index (χ4n) is 5.80. The quantitative estimate of drug-likeness (QED) is 0.196. The van der Waals surface area contributed by atoms with E-state index in [1.165, 1.54) is 0 Å². The van der Waals surface area contributed by atoms with E-state index >= 15 is 0 Å². The van der Waals surface area contributed by atoms with E-state index in [2.05, 4.69) is 78.9 Å². The largest absolute Gasteiger partial charge is 0.245 e. The van der Waals surface area contributed by atoms with E-state index in [-0.39, 0.29) is 0 Å². The van der Waals surface area contributed by atoms with Gasteiger partial charge < -0.3 is 0 Å². The first-order valence-electron chi connectivity index (χ1n) is 14.7. The van der Waals surface area contributed by atoms with Crippen molar-refractivity contribution in [3.05, 3.63) is 158 Å². The third-order valence-electron chi connectivity index (χ3n) is 7.88. The molecule has 0 N–H and O–H groups in total. The predicted molar refractivity (Wildman–Crippen MR) is 180 cm³/mol. The standard InChI is InChI=1S/C40H26N4/c1-4-15-27(16-5-1)36-37(28-17-6-2-7-18-28)44-40(38(43-36)29-19-8-3-9-20-29)35-26-14-25-34(41-35)39-32-23-11-10-21-30(32)31-22-12-13-24-33(31)42-39/h1-26H. The molecule has 206 valence electrons. The maximum atomic E-state index is 5.37. The van der Waals surface area contributed by atoms with Gasteiger partial charge in [0.05, 0.1) is 39.7 Å².